The molecule has 0 aromatic carbocycles. The van der Waals surface area contributed by atoms with E-state index in [-0.39, 0.29) is 11.9 Å². The number of hydrogen-bond acceptors (Lipinski definition) is 6. The Kier molecular flexibility index (Phi) is 4.29. The van der Waals surface area contributed by atoms with Crippen molar-refractivity contribution >= 4 is 11.9 Å². The maximum absolute atomic E-state index is 11.6. The van der Waals surface area contributed by atoms with Gasteiger partial charge in [0.1, 0.15) is 6.07 Å². The number of ether oxygens (including phenoxy) is 1. The topological polar surface area (TPSA) is 79.1 Å². The molecule has 0 amide bonds. The monoisotopic (exact) mass is 260 g/mol. The molecule has 1 aliphatic heterocycles. The van der Waals surface area contributed by atoms with Crippen molar-refractivity contribution in [2.75, 3.05) is 24.6 Å². The van der Waals surface area contributed by atoms with Crippen LogP contribution in [0.2, 0.25) is 0 Å². The number of aromatic nitrogens is 2. The van der Waals surface area contributed by atoms with Crippen molar-refractivity contribution in [2.45, 2.75) is 19.8 Å². The van der Waals surface area contributed by atoms with Crippen molar-refractivity contribution in [2.24, 2.45) is 5.92 Å². The molecule has 19 heavy (non-hydrogen) atoms. The summed E-state index contributed by atoms with van der Waals surface area (Å²) in [5.74, 6) is 0.485. The van der Waals surface area contributed by atoms with Crippen LogP contribution in [0.1, 0.15) is 25.3 Å². The lowest BCUT2D eigenvalue weighted by molar-refractivity contribution is -0.148. The Bertz CT molecular complexity index is 472. The molecule has 0 aliphatic carbocycles. The Morgan fingerprint density at radius 1 is 1.47 bits per heavy atom. The van der Waals surface area contributed by atoms with Crippen LogP contribution >= 0.6 is 0 Å². The van der Waals surface area contributed by atoms with Crippen LogP contribution in [-0.2, 0) is 9.53 Å². The second-order valence-electron chi connectivity index (χ2n) is 4.40. The lowest BCUT2D eigenvalue weighted by Gasteiger charge is -2.30. The summed E-state index contributed by atoms with van der Waals surface area (Å²) in [6, 6.07) is 1.99. The molecule has 1 saturated heterocycles. The highest BCUT2D eigenvalue weighted by Crippen LogP contribution is 2.21. The molecule has 0 bridgehead atoms. The van der Waals surface area contributed by atoms with Crippen LogP contribution in [0.3, 0.4) is 0 Å². The summed E-state index contributed by atoms with van der Waals surface area (Å²) >= 11 is 0. The quantitative estimate of drug-likeness (QED) is 0.758. The van der Waals surface area contributed by atoms with Gasteiger partial charge >= 0.3 is 5.97 Å². The maximum Gasteiger partial charge on any atom is 0.309 e. The normalized spacial score (nSPS) is 15.9. The largest absolute Gasteiger partial charge is 0.466 e. The highest BCUT2D eigenvalue weighted by molar-refractivity contribution is 5.72. The maximum atomic E-state index is 11.6. The van der Waals surface area contributed by atoms with Crippen molar-refractivity contribution in [1.29, 1.82) is 5.26 Å². The second kappa shape index (κ2) is 6.14. The van der Waals surface area contributed by atoms with Gasteiger partial charge in [0.05, 0.1) is 30.5 Å². The minimum atomic E-state index is -0.108. The van der Waals surface area contributed by atoms with Crippen LogP contribution in [0.15, 0.2) is 12.4 Å². The highest BCUT2D eigenvalue weighted by atomic mass is 16.5. The number of hydrogen-bond donors (Lipinski definition) is 0. The number of rotatable bonds is 3. The van der Waals surface area contributed by atoms with Crippen LogP contribution in [-0.4, -0.2) is 35.6 Å². The van der Waals surface area contributed by atoms with Crippen LogP contribution in [0, 0.1) is 17.2 Å². The summed E-state index contributed by atoms with van der Waals surface area (Å²) in [5, 5.41) is 8.69. The fraction of sp³-hybridized carbons (Fsp3) is 0.538. The number of esters is 1. The van der Waals surface area contributed by atoms with Crippen molar-refractivity contribution in [3.8, 4) is 6.07 Å². The van der Waals surface area contributed by atoms with E-state index in [4.69, 9.17) is 10.00 Å². The zero-order valence-corrected chi connectivity index (χ0v) is 10.9. The number of carbonyl (C=O) groups is 1. The first-order chi connectivity index (χ1) is 9.24. The van der Waals surface area contributed by atoms with Gasteiger partial charge < -0.3 is 9.64 Å². The smallest absolute Gasteiger partial charge is 0.309 e. The first-order valence-electron chi connectivity index (χ1n) is 6.38. The third-order valence-electron chi connectivity index (χ3n) is 3.17. The molecule has 2 rings (SSSR count). The van der Waals surface area contributed by atoms with Crippen LogP contribution < -0.4 is 4.90 Å². The molecule has 6 heteroatoms. The summed E-state index contributed by atoms with van der Waals surface area (Å²) in [6.45, 7) is 3.71. The minimum absolute atomic E-state index is 0.0189. The van der Waals surface area contributed by atoms with E-state index in [1.807, 2.05) is 17.9 Å². The number of piperidine rings is 1. The molecule has 0 atom stereocenters. The van der Waals surface area contributed by atoms with E-state index in [9.17, 15) is 4.79 Å². The Morgan fingerprint density at radius 2 is 2.11 bits per heavy atom. The SMILES string of the molecule is CCOC(=O)C1CCN(c2ncc(C#N)cn2)CC1. The lowest BCUT2D eigenvalue weighted by Crippen LogP contribution is -2.37. The molecule has 1 fully saturated rings. The standard InChI is InChI=1S/C13H16N4O2/c1-2-19-12(18)11-3-5-17(6-4-11)13-15-8-10(7-14)9-16-13/h8-9,11H,2-6H2,1H3. The number of anilines is 1. The van der Waals surface area contributed by atoms with Crippen LogP contribution in [0.5, 0.6) is 0 Å². The van der Waals surface area contributed by atoms with Gasteiger partial charge in [0.2, 0.25) is 5.95 Å². The van der Waals surface area contributed by atoms with E-state index >= 15 is 0 Å². The third-order valence-corrected chi connectivity index (χ3v) is 3.17. The van der Waals surface area contributed by atoms with Gasteiger partial charge in [-0.3, -0.25) is 4.79 Å². The van der Waals surface area contributed by atoms with Gasteiger partial charge in [0.15, 0.2) is 0 Å². The molecular formula is C13H16N4O2. The van der Waals surface area contributed by atoms with E-state index in [2.05, 4.69) is 9.97 Å². The Morgan fingerprint density at radius 3 is 2.63 bits per heavy atom. The van der Waals surface area contributed by atoms with Gasteiger partial charge in [0, 0.05) is 13.1 Å². The molecule has 0 unspecified atom stereocenters. The minimum Gasteiger partial charge on any atom is -0.466 e. The number of carbonyl (C=O) groups excluding carboxylic acids is 1. The van der Waals surface area contributed by atoms with E-state index < -0.39 is 0 Å². The van der Waals surface area contributed by atoms with E-state index in [1.165, 1.54) is 12.4 Å². The molecular weight excluding hydrogens is 244 g/mol. The predicted octanol–water partition coefficient (Wildman–Crippen LogP) is 1.13. The van der Waals surface area contributed by atoms with E-state index in [0.29, 0.717) is 18.1 Å². The fourth-order valence-electron chi connectivity index (χ4n) is 2.12. The fourth-order valence-corrected chi connectivity index (χ4v) is 2.12. The summed E-state index contributed by atoms with van der Waals surface area (Å²) in [4.78, 5) is 22.0. The summed E-state index contributed by atoms with van der Waals surface area (Å²) in [7, 11) is 0. The first-order valence-corrected chi connectivity index (χ1v) is 6.38. The first kappa shape index (κ1) is 13.3. The van der Waals surface area contributed by atoms with E-state index in [0.717, 1.165) is 25.9 Å². The van der Waals surface area contributed by atoms with Crippen LogP contribution in [0.25, 0.3) is 0 Å². The van der Waals surface area contributed by atoms with Gasteiger partial charge in [-0.05, 0) is 19.8 Å². The van der Waals surface area contributed by atoms with Crippen LogP contribution in [0.4, 0.5) is 5.95 Å². The third kappa shape index (κ3) is 3.19. The molecule has 100 valence electrons. The van der Waals surface area contributed by atoms with E-state index in [1.54, 1.807) is 0 Å². The molecule has 0 spiro atoms. The zero-order chi connectivity index (χ0) is 13.7. The predicted molar refractivity (Wildman–Crippen MR) is 68.3 cm³/mol. The molecule has 1 aliphatic rings. The van der Waals surface area contributed by atoms with Crippen molar-refractivity contribution in [1.82, 2.24) is 9.97 Å². The molecule has 0 radical (unpaired) electrons. The lowest BCUT2D eigenvalue weighted by atomic mass is 9.97. The van der Waals surface area contributed by atoms with Crippen molar-refractivity contribution in [3.63, 3.8) is 0 Å². The summed E-state index contributed by atoms with van der Waals surface area (Å²) in [6.07, 6.45) is 4.53. The van der Waals surface area contributed by atoms with Gasteiger partial charge in [-0.1, -0.05) is 0 Å². The average Bonchev–Trinajstić information content (AvgIpc) is 2.48. The molecule has 0 N–H and O–H groups in total. The highest BCUT2D eigenvalue weighted by Gasteiger charge is 2.26. The summed E-state index contributed by atoms with van der Waals surface area (Å²) < 4.78 is 5.03. The van der Waals surface area contributed by atoms with Gasteiger partial charge in [0.25, 0.3) is 0 Å². The Labute approximate surface area is 112 Å². The second-order valence-corrected chi connectivity index (χ2v) is 4.40. The Hall–Kier alpha value is -2.16. The van der Waals surface area contributed by atoms with Gasteiger partial charge in [-0.2, -0.15) is 5.26 Å². The molecule has 2 heterocycles. The van der Waals surface area contributed by atoms with Gasteiger partial charge in [-0.15, -0.1) is 0 Å². The average molecular weight is 260 g/mol. The summed E-state index contributed by atoms with van der Waals surface area (Å²) in [5.41, 5.74) is 0.449. The van der Waals surface area contributed by atoms with Crippen molar-refractivity contribution < 1.29 is 9.53 Å². The Balaban J connectivity index is 1.92. The van der Waals surface area contributed by atoms with Crippen molar-refractivity contribution in [3.05, 3.63) is 18.0 Å². The molecule has 1 aromatic rings. The molecule has 1 aromatic heterocycles. The molecule has 0 saturated carbocycles. The number of nitrogens with zero attached hydrogens (tertiary/aromatic N) is 4. The van der Waals surface area contributed by atoms with Gasteiger partial charge in [-0.25, -0.2) is 9.97 Å². The zero-order valence-electron chi connectivity index (χ0n) is 10.9. The number of nitriles is 1. The molecule has 6 nitrogen and oxygen atoms in total.